The molecule has 20 heavy (non-hydrogen) atoms. The second-order valence-electron chi connectivity index (χ2n) is 4.10. The normalized spacial score (nSPS) is 12.0. The SMILES string of the molecule is CCNc1nc(C)c([N+](=O)[O-])c(NC(CO)COC)n1. The maximum Gasteiger partial charge on any atom is 0.332 e. The molecule has 0 saturated heterocycles. The van der Waals surface area contributed by atoms with E-state index in [1.807, 2.05) is 6.92 Å². The van der Waals surface area contributed by atoms with Crippen LogP contribution in [0, 0.1) is 17.0 Å². The Bertz CT molecular complexity index is 468. The molecule has 0 radical (unpaired) electrons. The van der Waals surface area contributed by atoms with Crippen LogP contribution in [0.4, 0.5) is 17.5 Å². The van der Waals surface area contributed by atoms with Gasteiger partial charge in [0, 0.05) is 13.7 Å². The van der Waals surface area contributed by atoms with Crippen molar-refractivity contribution in [1.29, 1.82) is 0 Å². The van der Waals surface area contributed by atoms with Crippen LogP contribution in [0.25, 0.3) is 0 Å². The minimum atomic E-state index is -0.547. The fourth-order valence-corrected chi connectivity index (χ4v) is 1.66. The van der Waals surface area contributed by atoms with Crippen molar-refractivity contribution < 1.29 is 14.8 Å². The molecule has 0 spiro atoms. The van der Waals surface area contributed by atoms with Gasteiger partial charge in [-0.15, -0.1) is 0 Å². The summed E-state index contributed by atoms with van der Waals surface area (Å²) in [6.07, 6.45) is 0. The second-order valence-corrected chi connectivity index (χ2v) is 4.10. The summed E-state index contributed by atoms with van der Waals surface area (Å²) >= 11 is 0. The lowest BCUT2D eigenvalue weighted by Crippen LogP contribution is -2.30. The van der Waals surface area contributed by atoms with Crippen LogP contribution in [-0.2, 0) is 4.74 Å². The third kappa shape index (κ3) is 4.00. The molecule has 0 saturated carbocycles. The molecule has 112 valence electrons. The lowest BCUT2D eigenvalue weighted by atomic mass is 10.3. The van der Waals surface area contributed by atoms with Crippen LogP contribution in [0.15, 0.2) is 0 Å². The Morgan fingerprint density at radius 1 is 1.50 bits per heavy atom. The molecule has 1 aromatic heterocycles. The number of methoxy groups -OCH3 is 1. The van der Waals surface area contributed by atoms with E-state index in [0.29, 0.717) is 12.5 Å². The molecule has 0 amide bonds. The Balaban J connectivity index is 3.15. The van der Waals surface area contributed by atoms with E-state index in [-0.39, 0.29) is 30.4 Å². The molecular weight excluding hydrogens is 266 g/mol. The van der Waals surface area contributed by atoms with E-state index in [9.17, 15) is 15.2 Å². The Kier molecular flexibility index (Phi) is 6.07. The van der Waals surface area contributed by atoms with Gasteiger partial charge in [0.25, 0.3) is 0 Å². The topological polar surface area (TPSA) is 122 Å². The number of aromatic nitrogens is 2. The number of nitrogens with one attached hydrogen (secondary N) is 2. The fraction of sp³-hybridized carbons (Fsp3) is 0.636. The number of nitrogens with zero attached hydrogens (tertiary/aromatic N) is 3. The van der Waals surface area contributed by atoms with Crippen LogP contribution in [0.3, 0.4) is 0 Å². The molecule has 0 aromatic carbocycles. The molecule has 3 N–H and O–H groups in total. The number of aliphatic hydroxyl groups is 1. The number of anilines is 2. The molecule has 0 fully saturated rings. The van der Waals surface area contributed by atoms with Crippen LogP contribution in [0.1, 0.15) is 12.6 Å². The Labute approximate surface area is 116 Å². The lowest BCUT2D eigenvalue weighted by Gasteiger charge is -2.16. The number of aryl methyl sites for hydroxylation is 1. The summed E-state index contributed by atoms with van der Waals surface area (Å²) in [5.74, 6) is 0.363. The minimum absolute atomic E-state index is 0.0644. The van der Waals surface area contributed by atoms with Crippen LogP contribution >= 0.6 is 0 Å². The van der Waals surface area contributed by atoms with Crippen molar-refractivity contribution in [1.82, 2.24) is 9.97 Å². The van der Waals surface area contributed by atoms with E-state index in [1.54, 1.807) is 0 Å². The van der Waals surface area contributed by atoms with Gasteiger partial charge in [0.15, 0.2) is 0 Å². The average molecular weight is 285 g/mol. The maximum absolute atomic E-state index is 11.1. The molecule has 1 atom stereocenters. The van der Waals surface area contributed by atoms with E-state index in [2.05, 4.69) is 20.6 Å². The van der Waals surface area contributed by atoms with E-state index in [0.717, 1.165) is 0 Å². The van der Waals surface area contributed by atoms with Gasteiger partial charge >= 0.3 is 5.69 Å². The Morgan fingerprint density at radius 3 is 2.70 bits per heavy atom. The summed E-state index contributed by atoms with van der Waals surface area (Å²) < 4.78 is 4.92. The van der Waals surface area contributed by atoms with Crippen LogP contribution in [0.5, 0.6) is 0 Å². The number of rotatable bonds is 8. The number of hydrogen-bond acceptors (Lipinski definition) is 8. The van der Waals surface area contributed by atoms with Crippen LogP contribution in [-0.4, -0.2) is 52.9 Å². The molecule has 0 aliphatic rings. The van der Waals surface area contributed by atoms with Gasteiger partial charge in [0.2, 0.25) is 11.8 Å². The first-order chi connectivity index (χ1) is 9.53. The van der Waals surface area contributed by atoms with Crippen molar-refractivity contribution in [2.24, 2.45) is 0 Å². The molecule has 0 bridgehead atoms. The third-order valence-electron chi connectivity index (χ3n) is 2.50. The standard InChI is InChI=1S/C11H19N5O4/c1-4-12-11-13-7(2)9(16(18)19)10(15-11)14-8(5-17)6-20-3/h8,17H,4-6H2,1-3H3,(H2,12,13,14,15). The van der Waals surface area contributed by atoms with Crippen molar-refractivity contribution in [3.05, 3.63) is 15.8 Å². The van der Waals surface area contributed by atoms with Crippen LogP contribution < -0.4 is 10.6 Å². The van der Waals surface area contributed by atoms with Crippen LogP contribution in [0.2, 0.25) is 0 Å². The van der Waals surface area contributed by atoms with Crippen molar-refractivity contribution in [3.8, 4) is 0 Å². The predicted octanol–water partition coefficient (Wildman–Crippen LogP) is 0.544. The van der Waals surface area contributed by atoms with Crippen molar-refractivity contribution in [3.63, 3.8) is 0 Å². The number of ether oxygens (including phenoxy) is 1. The fourth-order valence-electron chi connectivity index (χ4n) is 1.66. The molecule has 0 aliphatic carbocycles. The first-order valence-corrected chi connectivity index (χ1v) is 6.16. The highest BCUT2D eigenvalue weighted by molar-refractivity contribution is 5.61. The Morgan fingerprint density at radius 2 is 2.20 bits per heavy atom. The van der Waals surface area contributed by atoms with Gasteiger partial charge in [-0.05, 0) is 13.8 Å². The zero-order chi connectivity index (χ0) is 15.1. The smallest absolute Gasteiger partial charge is 0.332 e. The molecule has 9 nitrogen and oxygen atoms in total. The van der Waals surface area contributed by atoms with E-state index >= 15 is 0 Å². The highest BCUT2D eigenvalue weighted by atomic mass is 16.6. The highest BCUT2D eigenvalue weighted by Crippen LogP contribution is 2.27. The van der Waals surface area contributed by atoms with Crippen molar-refractivity contribution in [2.45, 2.75) is 19.9 Å². The maximum atomic E-state index is 11.1. The Hall–Kier alpha value is -2.00. The zero-order valence-corrected chi connectivity index (χ0v) is 11.7. The molecule has 9 heteroatoms. The number of hydrogen-bond donors (Lipinski definition) is 3. The summed E-state index contributed by atoms with van der Waals surface area (Å²) in [5.41, 5.74) is 0.0405. The highest BCUT2D eigenvalue weighted by Gasteiger charge is 2.24. The van der Waals surface area contributed by atoms with E-state index < -0.39 is 11.0 Å². The molecule has 1 aromatic rings. The first-order valence-electron chi connectivity index (χ1n) is 6.16. The van der Waals surface area contributed by atoms with E-state index in [1.165, 1.54) is 14.0 Å². The third-order valence-corrected chi connectivity index (χ3v) is 2.50. The van der Waals surface area contributed by atoms with Gasteiger partial charge < -0.3 is 20.5 Å². The summed E-state index contributed by atoms with van der Waals surface area (Å²) in [7, 11) is 1.48. The van der Waals surface area contributed by atoms with Gasteiger partial charge in [-0.25, -0.2) is 4.98 Å². The number of nitro groups is 1. The lowest BCUT2D eigenvalue weighted by molar-refractivity contribution is -0.385. The summed E-state index contributed by atoms with van der Waals surface area (Å²) in [6.45, 7) is 3.97. The quantitative estimate of drug-likeness (QED) is 0.467. The first kappa shape index (κ1) is 16.1. The van der Waals surface area contributed by atoms with Crippen molar-refractivity contribution in [2.75, 3.05) is 37.5 Å². The molecule has 0 aliphatic heterocycles. The van der Waals surface area contributed by atoms with Gasteiger partial charge in [0.05, 0.1) is 24.2 Å². The molecule has 1 heterocycles. The van der Waals surface area contributed by atoms with Gasteiger partial charge in [0.1, 0.15) is 5.69 Å². The summed E-state index contributed by atoms with van der Waals surface area (Å²) in [6, 6.07) is -0.484. The predicted molar refractivity (Wildman–Crippen MR) is 74.0 cm³/mol. The molecule has 1 unspecified atom stereocenters. The monoisotopic (exact) mass is 285 g/mol. The number of aliphatic hydroxyl groups excluding tert-OH is 1. The van der Waals surface area contributed by atoms with Gasteiger partial charge in [-0.2, -0.15) is 4.98 Å². The largest absolute Gasteiger partial charge is 0.394 e. The van der Waals surface area contributed by atoms with Gasteiger partial charge in [-0.1, -0.05) is 0 Å². The summed E-state index contributed by atoms with van der Waals surface area (Å²) in [5, 5.41) is 26.0. The molecular formula is C11H19N5O4. The average Bonchev–Trinajstić information content (AvgIpc) is 2.37. The van der Waals surface area contributed by atoms with Crippen molar-refractivity contribution >= 4 is 17.5 Å². The van der Waals surface area contributed by atoms with E-state index in [4.69, 9.17) is 4.74 Å². The zero-order valence-electron chi connectivity index (χ0n) is 11.7. The summed E-state index contributed by atoms with van der Waals surface area (Å²) in [4.78, 5) is 18.7. The van der Waals surface area contributed by atoms with Gasteiger partial charge in [-0.3, -0.25) is 10.1 Å². The minimum Gasteiger partial charge on any atom is -0.394 e. The second kappa shape index (κ2) is 7.56. The molecule has 1 rings (SSSR count).